The van der Waals surface area contributed by atoms with Crippen LogP contribution in [-0.4, -0.2) is 29.9 Å². The molecule has 5 nitrogen and oxygen atoms in total. The third-order valence-electron chi connectivity index (χ3n) is 2.67. The Morgan fingerprint density at radius 1 is 1.47 bits per heavy atom. The highest BCUT2D eigenvalue weighted by molar-refractivity contribution is 5.94. The van der Waals surface area contributed by atoms with Crippen molar-refractivity contribution in [2.45, 2.75) is 6.04 Å². The lowest BCUT2D eigenvalue weighted by atomic mass is 10.2. The summed E-state index contributed by atoms with van der Waals surface area (Å²) >= 11 is 0. The van der Waals surface area contributed by atoms with Gasteiger partial charge in [-0.2, -0.15) is 0 Å². The number of benzene rings is 1. The number of azide groups is 1. The average Bonchev–Trinajstić information content (AvgIpc) is 2.84. The van der Waals surface area contributed by atoms with Crippen molar-refractivity contribution in [3.05, 3.63) is 58.5 Å². The predicted octanol–water partition coefficient (Wildman–Crippen LogP) is 2.38. The number of hydrogen-bond acceptors (Lipinski definition) is 2. The van der Waals surface area contributed by atoms with Gasteiger partial charge in [0.2, 0.25) is 0 Å². The zero-order valence-corrected chi connectivity index (χ0v) is 9.23. The van der Waals surface area contributed by atoms with Crippen LogP contribution in [0.1, 0.15) is 10.4 Å². The van der Waals surface area contributed by atoms with Gasteiger partial charge < -0.3 is 4.90 Å². The maximum Gasteiger partial charge on any atom is 0.254 e. The fraction of sp³-hybridized carbons (Fsp3) is 0.250. The molecule has 1 heterocycles. The normalized spacial score (nSPS) is 17.9. The van der Waals surface area contributed by atoms with Crippen LogP contribution < -0.4 is 0 Å². The Hall–Kier alpha value is -2.26. The van der Waals surface area contributed by atoms with Crippen LogP contribution in [-0.2, 0) is 0 Å². The van der Waals surface area contributed by atoms with Crippen molar-refractivity contribution < 1.29 is 4.79 Å². The molecule has 1 aromatic rings. The largest absolute Gasteiger partial charge is 0.328 e. The molecule has 0 fully saturated rings. The van der Waals surface area contributed by atoms with Crippen molar-refractivity contribution in [3.63, 3.8) is 0 Å². The van der Waals surface area contributed by atoms with Crippen molar-refractivity contribution in [3.8, 4) is 0 Å². The van der Waals surface area contributed by atoms with Gasteiger partial charge in [-0.15, -0.1) is 0 Å². The van der Waals surface area contributed by atoms with E-state index in [1.54, 1.807) is 17.0 Å². The number of nitrogens with zero attached hydrogens (tertiary/aromatic N) is 4. The van der Waals surface area contributed by atoms with Crippen LogP contribution in [0.15, 0.2) is 47.6 Å². The summed E-state index contributed by atoms with van der Waals surface area (Å²) in [5.74, 6) is -0.0336. The van der Waals surface area contributed by atoms with E-state index in [2.05, 4.69) is 10.0 Å². The zero-order chi connectivity index (χ0) is 12.1. The molecule has 1 aromatic carbocycles. The second-order valence-electron chi connectivity index (χ2n) is 3.73. The second kappa shape index (κ2) is 5.18. The molecule has 1 unspecified atom stereocenters. The summed E-state index contributed by atoms with van der Waals surface area (Å²) in [5.41, 5.74) is 8.95. The van der Waals surface area contributed by atoms with Gasteiger partial charge in [0.25, 0.3) is 5.91 Å². The second-order valence-corrected chi connectivity index (χ2v) is 3.73. The molecule has 0 aliphatic carbocycles. The standard InChI is InChI=1S/C12H12N4O/c13-15-14-9-11-7-4-8-16(11)12(17)10-5-2-1-3-6-10/h1-7,11H,8-9H2. The Balaban J connectivity index is 2.12. The molecule has 1 amide bonds. The van der Waals surface area contributed by atoms with E-state index < -0.39 is 0 Å². The Kier molecular flexibility index (Phi) is 3.43. The van der Waals surface area contributed by atoms with Gasteiger partial charge in [0, 0.05) is 23.6 Å². The molecule has 2 rings (SSSR count). The summed E-state index contributed by atoms with van der Waals surface area (Å²) in [5, 5.41) is 3.52. The lowest BCUT2D eigenvalue weighted by molar-refractivity contribution is 0.0754. The minimum absolute atomic E-state index is 0.0336. The van der Waals surface area contributed by atoms with Crippen molar-refractivity contribution >= 4 is 5.91 Å². The minimum Gasteiger partial charge on any atom is -0.328 e. The lowest BCUT2D eigenvalue weighted by Crippen LogP contribution is -2.37. The molecule has 86 valence electrons. The first-order chi connectivity index (χ1) is 8.33. The third kappa shape index (κ3) is 2.46. The number of rotatable bonds is 3. The van der Waals surface area contributed by atoms with Crippen molar-refractivity contribution in [1.82, 2.24) is 4.90 Å². The van der Waals surface area contributed by atoms with Gasteiger partial charge in [0.05, 0.1) is 6.04 Å². The number of amides is 1. The van der Waals surface area contributed by atoms with E-state index in [-0.39, 0.29) is 18.5 Å². The fourth-order valence-corrected chi connectivity index (χ4v) is 1.83. The molecule has 0 saturated heterocycles. The van der Waals surface area contributed by atoms with E-state index in [9.17, 15) is 4.79 Å². The summed E-state index contributed by atoms with van der Waals surface area (Å²) in [4.78, 5) is 16.6. The maximum atomic E-state index is 12.2. The van der Waals surface area contributed by atoms with Crippen molar-refractivity contribution in [1.29, 1.82) is 0 Å². The molecule has 1 aliphatic rings. The summed E-state index contributed by atoms with van der Waals surface area (Å²) in [6, 6.07) is 8.98. The van der Waals surface area contributed by atoms with Crippen LogP contribution in [0.5, 0.6) is 0 Å². The number of hydrogen-bond donors (Lipinski definition) is 0. The first-order valence-corrected chi connectivity index (χ1v) is 5.36. The summed E-state index contributed by atoms with van der Waals surface area (Å²) in [7, 11) is 0. The van der Waals surface area contributed by atoms with E-state index >= 15 is 0 Å². The SMILES string of the molecule is [N-]=[N+]=NCC1C=CCN1C(=O)c1ccccc1. The molecule has 17 heavy (non-hydrogen) atoms. The van der Waals surface area contributed by atoms with Crippen LogP contribution >= 0.6 is 0 Å². The fourth-order valence-electron chi connectivity index (χ4n) is 1.83. The highest BCUT2D eigenvalue weighted by atomic mass is 16.2. The van der Waals surface area contributed by atoms with Gasteiger partial charge in [-0.3, -0.25) is 4.79 Å². The summed E-state index contributed by atoms with van der Waals surface area (Å²) in [6.45, 7) is 0.852. The molecular weight excluding hydrogens is 216 g/mol. The molecule has 0 spiro atoms. The molecule has 1 atom stereocenters. The highest BCUT2D eigenvalue weighted by Gasteiger charge is 2.24. The monoisotopic (exact) mass is 228 g/mol. The highest BCUT2D eigenvalue weighted by Crippen LogP contribution is 2.14. The molecular formula is C12H12N4O. The van der Waals surface area contributed by atoms with E-state index in [1.807, 2.05) is 30.4 Å². The zero-order valence-electron chi connectivity index (χ0n) is 9.23. The molecule has 5 heteroatoms. The van der Waals surface area contributed by atoms with Gasteiger partial charge in [-0.05, 0) is 17.7 Å². The van der Waals surface area contributed by atoms with E-state index in [4.69, 9.17) is 5.53 Å². The van der Waals surface area contributed by atoms with E-state index in [1.165, 1.54) is 0 Å². The predicted molar refractivity (Wildman–Crippen MR) is 64.4 cm³/mol. The van der Waals surface area contributed by atoms with Gasteiger partial charge in [0.1, 0.15) is 0 Å². The number of carbonyl (C=O) groups is 1. The third-order valence-corrected chi connectivity index (χ3v) is 2.67. The van der Waals surface area contributed by atoms with Crippen molar-refractivity contribution in [2.24, 2.45) is 5.11 Å². The quantitative estimate of drug-likeness (QED) is 0.339. The van der Waals surface area contributed by atoms with Crippen LogP contribution in [0, 0.1) is 0 Å². The average molecular weight is 228 g/mol. The molecule has 0 N–H and O–H groups in total. The van der Waals surface area contributed by atoms with Gasteiger partial charge in [0.15, 0.2) is 0 Å². The molecule has 0 saturated carbocycles. The van der Waals surface area contributed by atoms with E-state index in [0.29, 0.717) is 12.1 Å². The van der Waals surface area contributed by atoms with E-state index in [0.717, 1.165) is 0 Å². The Morgan fingerprint density at radius 3 is 2.94 bits per heavy atom. The Labute approximate surface area is 99.0 Å². The minimum atomic E-state index is -0.126. The molecule has 0 radical (unpaired) electrons. The van der Waals surface area contributed by atoms with Crippen LogP contribution in [0.3, 0.4) is 0 Å². The van der Waals surface area contributed by atoms with Crippen molar-refractivity contribution in [2.75, 3.05) is 13.1 Å². The van der Waals surface area contributed by atoms with Gasteiger partial charge in [-0.25, -0.2) is 0 Å². The Morgan fingerprint density at radius 2 is 2.24 bits per heavy atom. The smallest absolute Gasteiger partial charge is 0.254 e. The summed E-state index contributed by atoms with van der Waals surface area (Å²) < 4.78 is 0. The number of carbonyl (C=O) groups excluding carboxylic acids is 1. The first-order valence-electron chi connectivity index (χ1n) is 5.36. The van der Waals surface area contributed by atoms with Crippen LogP contribution in [0.25, 0.3) is 10.4 Å². The van der Waals surface area contributed by atoms with Crippen LogP contribution in [0.4, 0.5) is 0 Å². The topological polar surface area (TPSA) is 69.1 Å². The lowest BCUT2D eigenvalue weighted by Gasteiger charge is -2.23. The first kappa shape index (κ1) is 11.2. The van der Waals surface area contributed by atoms with Crippen LogP contribution in [0.2, 0.25) is 0 Å². The molecule has 0 bridgehead atoms. The maximum absolute atomic E-state index is 12.2. The van der Waals surface area contributed by atoms with Gasteiger partial charge in [-0.1, -0.05) is 35.5 Å². The van der Waals surface area contributed by atoms with Gasteiger partial charge >= 0.3 is 0 Å². The molecule has 1 aliphatic heterocycles. The Bertz CT molecular complexity index is 477. The molecule has 0 aromatic heterocycles. The summed E-state index contributed by atoms with van der Waals surface area (Å²) in [6.07, 6.45) is 3.81.